The number of alkyl halides is 2. The first-order valence-electron chi connectivity index (χ1n) is 9.53. The number of rotatable bonds is 7. The van der Waals surface area contributed by atoms with Gasteiger partial charge in [0.05, 0.1) is 23.6 Å². The van der Waals surface area contributed by atoms with Crippen LogP contribution in [0.1, 0.15) is 21.5 Å². The van der Waals surface area contributed by atoms with Gasteiger partial charge in [-0.15, -0.1) is 0 Å². The number of methoxy groups -OCH3 is 1. The van der Waals surface area contributed by atoms with Crippen LogP contribution >= 0.6 is 43.5 Å². The number of nitriles is 1. The van der Waals surface area contributed by atoms with E-state index in [1.807, 2.05) is 30.3 Å². The topological polar surface area (TPSA) is 59.3 Å². The Kier molecular flexibility index (Phi) is 8.52. The van der Waals surface area contributed by atoms with Crippen LogP contribution < -0.4 is 9.47 Å². The fourth-order valence-corrected chi connectivity index (χ4v) is 3.97. The quantitative estimate of drug-likeness (QED) is 0.0982. The summed E-state index contributed by atoms with van der Waals surface area (Å²) in [6.07, 6.45) is 1.73. The molecular weight excluding hydrogens is 558 g/mol. The van der Waals surface area contributed by atoms with Gasteiger partial charge in [-0.25, -0.2) is 0 Å². The van der Waals surface area contributed by atoms with E-state index in [1.165, 1.54) is 7.11 Å². The molecule has 0 bridgehead atoms. The minimum atomic E-state index is -0.607. The Labute approximate surface area is 208 Å². The van der Waals surface area contributed by atoms with E-state index < -0.39 is 10.8 Å². The lowest BCUT2D eigenvalue weighted by atomic mass is 10.0. The molecule has 0 saturated carbocycles. The minimum absolute atomic E-state index is 0.262. The molecule has 0 fully saturated rings. The molecule has 0 radical (unpaired) electrons. The molecule has 7 heteroatoms. The molecule has 0 saturated heterocycles. The fraction of sp³-hybridized carbons (Fsp3) is 0.120. The first-order valence-corrected chi connectivity index (χ1v) is 11.7. The van der Waals surface area contributed by atoms with Gasteiger partial charge in [0.2, 0.25) is 0 Å². The fourth-order valence-electron chi connectivity index (χ4n) is 2.92. The number of carbonyl (C=O) groups is 1. The summed E-state index contributed by atoms with van der Waals surface area (Å²) in [7, 11) is 1.49. The summed E-state index contributed by atoms with van der Waals surface area (Å²) in [6, 6.07) is 23.9. The molecule has 0 spiro atoms. The Hall–Kier alpha value is -2.59. The molecule has 0 aromatic heterocycles. The molecule has 0 aliphatic heterocycles. The average molecular weight is 576 g/mol. The highest BCUT2D eigenvalue weighted by Crippen LogP contribution is 2.35. The zero-order valence-corrected chi connectivity index (χ0v) is 20.9. The summed E-state index contributed by atoms with van der Waals surface area (Å²) < 4.78 is 11.0. The van der Waals surface area contributed by atoms with Crippen LogP contribution in [0.5, 0.6) is 11.5 Å². The van der Waals surface area contributed by atoms with E-state index in [1.54, 1.807) is 48.5 Å². The van der Waals surface area contributed by atoms with E-state index in [9.17, 15) is 10.1 Å². The predicted molar refractivity (Wildman–Crippen MR) is 134 cm³/mol. The van der Waals surface area contributed by atoms with Crippen molar-refractivity contribution in [2.75, 3.05) is 7.11 Å². The van der Waals surface area contributed by atoms with Gasteiger partial charge in [-0.2, -0.15) is 5.26 Å². The molecule has 2 unspecified atom stereocenters. The number of benzene rings is 3. The van der Waals surface area contributed by atoms with E-state index in [0.717, 1.165) is 16.7 Å². The van der Waals surface area contributed by atoms with Crippen molar-refractivity contribution in [3.8, 4) is 17.6 Å². The molecular formula is C25H18Br2ClNO3. The Morgan fingerprint density at radius 2 is 1.72 bits per heavy atom. The van der Waals surface area contributed by atoms with Gasteiger partial charge < -0.3 is 9.47 Å². The average Bonchev–Trinajstić information content (AvgIpc) is 2.83. The van der Waals surface area contributed by atoms with Crippen LogP contribution in [-0.2, 0) is 4.79 Å². The van der Waals surface area contributed by atoms with Crippen molar-refractivity contribution in [3.63, 3.8) is 0 Å². The van der Waals surface area contributed by atoms with Crippen molar-refractivity contribution in [1.82, 2.24) is 0 Å². The molecule has 0 heterocycles. The lowest BCUT2D eigenvalue weighted by molar-refractivity contribution is -0.133. The largest absolute Gasteiger partial charge is 0.493 e. The maximum absolute atomic E-state index is 12.7. The normalized spacial score (nSPS) is 13.0. The molecule has 4 nitrogen and oxygen atoms in total. The number of ether oxygens (including phenoxy) is 2. The zero-order valence-electron chi connectivity index (χ0n) is 17.0. The SMILES string of the molecule is COc1cc(/C=C(\C#N)c2ccc(Cl)cc2)ccc1OC(=O)C(Br)C(Br)c1ccccc1. The van der Waals surface area contributed by atoms with Crippen LogP contribution in [0.4, 0.5) is 0 Å². The van der Waals surface area contributed by atoms with Gasteiger partial charge in [-0.1, -0.05) is 92.0 Å². The van der Waals surface area contributed by atoms with Crippen molar-refractivity contribution in [3.05, 3.63) is 94.5 Å². The van der Waals surface area contributed by atoms with E-state index >= 15 is 0 Å². The van der Waals surface area contributed by atoms with Crippen LogP contribution in [0.3, 0.4) is 0 Å². The van der Waals surface area contributed by atoms with Crippen LogP contribution in [0, 0.1) is 11.3 Å². The number of nitrogens with zero attached hydrogens (tertiary/aromatic N) is 1. The lowest BCUT2D eigenvalue weighted by Gasteiger charge is -2.17. The number of allylic oxidation sites excluding steroid dienone is 1. The number of halogens is 3. The molecule has 3 aromatic rings. The van der Waals surface area contributed by atoms with Crippen molar-refractivity contribution in [1.29, 1.82) is 5.26 Å². The molecule has 162 valence electrons. The molecule has 0 amide bonds. The maximum Gasteiger partial charge on any atom is 0.326 e. The number of carbonyl (C=O) groups excluding carboxylic acids is 1. The van der Waals surface area contributed by atoms with Gasteiger partial charge >= 0.3 is 5.97 Å². The summed E-state index contributed by atoms with van der Waals surface area (Å²) in [4.78, 5) is 11.8. The van der Waals surface area contributed by atoms with E-state index in [2.05, 4.69) is 37.9 Å². The molecule has 0 aliphatic carbocycles. The van der Waals surface area contributed by atoms with E-state index in [4.69, 9.17) is 21.1 Å². The number of hydrogen-bond donors (Lipinski definition) is 0. The summed E-state index contributed by atoms with van der Waals surface area (Å²) in [5.74, 6) is 0.207. The van der Waals surface area contributed by atoms with Crippen LogP contribution in [0.2, 0.25) is 5.02 Å². The van der Waals surface area contributed by atoms with Gasteiger partial charge in [0.1, 0.15) is 4.83 Å². The Bertz CT molecular complexity index is 1160. The maximum atomic E-state index is 12.7. The van der Waals surface area contributed by atoms with Crippen molar-refractivity contribution in [2.45, 2.75) is 9.65 Å². The van der Waals surface area contributed by atoms with Crippen molar-refractivity contribution >= 4 is 61.1 Å². The molecule has 0 N–H and O–H groups in total. The molecule has 3 aromatic carbocycles. The minimum Gasteiger partial charge on any atom is -0.493 e. The molecule has 0 aliphatic rings. The second kappa shape index (κ2) is 11.3. The highest BCUT2D eigenvalue weighted by Gasteiger charge is 2.27. The highest BCUT2D eigenvalue weighted by atomic mass is 79.9. The van der Waals surface area contributed by atoms with Gasteiger partial charge in [0.25, 0.3) is 0 Å². The van der Waals surface area contributed by atoms with E-state index in [0.29, 0.717) is 16.3 Å². The summed E-state index contributed by atoms with van der Waals surface area (Å²) >= 11 is 12.9. The van der Waals surface area contributed by atoms with Gasteiger partial charge in [-0.05, 0) is 47.0 Å². The zero-order chi connectivity index (χ0) is 23.1. The smallest absolute Gasteiger partial charge is 0.326 e. The third kappa shape index (κ3) is 6.01. The standard InChI is InChI=1S/C25H18Br2ClNO3/c1-31-22-14-16(13-19(15-29)17-8-10-20(28)11-9-17)7-12-21(22)32-25(30)24(27)23(26)18-5-3-2-4-6-18/h2-14,23-24H,1H3/b19-13+. The predicted octanol–water partition coefficient (Wildman–Crippen LogP) is 7.22. The Balaban J connectivity index is 1.80. The third-order valence-electron chi connectivity index (χ3n) is 4.59. The molecule has 3 rings (SSSR count). The summed E-state index contributed by atoms with van der Waals surface area (Å²) in [5.41, 5.74) is 2.90. The van der Waals surface area contributed by atoms with Gasteiger partial charge in [0, 0.05) is 5.02 Å². The van der Waals surface area contributed by atoms with Crippen LogP contribution in [0.25, 0.3) is 11.6 Å². The van der Waals surface area contributed by atoms with Gasteiger partial charge in [0.15, 0.2) is 11.5 Å². The number of hydrogen-bond acceptors (Lipinski definition) is 4. The first kappa shape index (κ1) is 24.1. The van der Waals surface area contributed by atoms with Crippen molar-refractivity contribution in [2.24, 2.45) is 0 Å². The highest BCUT2D eigenvalue weighted by molar-refractivity contribution is 9.12. The Morgan fingerprint density at radius 3 is 2.34 bits per heavy atom. The summed E-state index contributed by atoms with van der Waals surface area (Å²) in [5, 5.41) is 10.2. The van der Waals surface area contributed by atoms with Gasteiger partial charge in [-0.3, -0.25) is 4.79 Å². The molecule has 32 heavy (non-hydrogen) atoms. The first-order chi connectivity index (χ1) is 15.4. The number of esters is 1. The van der Waals surface area contributed by atoms with Crippen molar-refractivity contribution < 1.29 is 14.3 Å². The van der Waals surface area contributed by atoms with E-state index in [-0.39, 0.29) is 10.6 Å². The third-order valence-corrected chi connectivity index (χ3v) is 7.51. The lowest BCUT2D eigenvalue weighted by Crippen LogP contribution is -2.24. The van der Waals surface area contributed by atoms with Crippen LogP contribution in [0.15, 0.2) is 72.8 Å². The summed E-state index contributed by atoms with van der Waals surface area (Å²) in [6.45, 7) is 0. The van der Waals surface area contributed by atoms with Crippen LogP contribution in [-0.4, -0.2) is 17.9 Å². The Morgan fingerprint density at radius 1 is 1.03 bits per heavy atom. The second-order valence-electron chi connectivity index (χ2n) is 6.72. The second-order valence-corrected chi connectivity index (χ2v) is 9.13. The monoisotopic (exact) mass is 573 g/mol. The molecule has 2 atom stereocenters.